The minimum atomic E-state index is -1.06. The van der Waals surface area contributed by atoms with E-state index in [2.05, 4.69) is 4.98 Å². The lowest BCUT2D eigenvalue weighted by molar-refractivity contribution is -0.148. The second-order valence-electron chi connectivity index (χ2n) is 4.19. The molecule has 0 aliphatic heterocycles. The molecule has 1 aromatic rings. The molecule has 1 heterocycles. The fourth-order valence-electron chi connectivity index (χ4n) is 1.63. The summed E-state index contributed by atoms with van der Waals surface area (Å²) in [6.45, 7) is 5.20. The van der Waals surface area contributed by atoms with Crippen molar-refractivity contribution in [1.29, 1.82) is 0 Å². The van der Waals surface area contributed by atoms with Gasteiger partial charge in [-0.1, -0.05) is 0 Å². The van der Waals surface area contributed by atoms with Crippen LogP contribution in [0.4, 0.5) is 0 Å². The number of nitrogens with zero attached hydrogens (tertiary/aromatic N) is 3. The molecule has 1 unspecified atom stereocenters. The van der Waals surface area contributed by atoms with Crippen LogP contribution in [0.3, 0.4) is 0 Å². The van der Waals surface area contributed by atoms with Crippen molar-refractivity contribution in [3.05, 3.63) is 18.2 Å². The topological polar surface area (TPSA) is 75.4 Å². The highest BCUT2D eigenvalue weighted by molar-refractivity contribution is 5.82. The molecule has 17 heavy (non-hydrogen) atoms. The molecule has 6 nitrogen and oxygen atoms in total. The number of hydrogen-bond acceptors (Lipinski definition) is 3. The van der Waals surface area contributed by atoms with Gasteiger partial charge in [0.25, 0.3) is 0 Å². The Morgan fingerprint density at radius 2 is 2.06 bits per heavy atom. The number of carbonyl (C=O) groups is 2. The summed E-state index contributed by atoms with van der Waals surface area (Å²) < 4.78 is 1.75. The third-order valence-electron chi connectivity index (χ3n) is 2.65. The summed E-state index contributed by atoms with van der Waals surface area (Å²) in [4.78, 5) is 27.7. The van der Waals surface area contributed by atoms with E-state index in [1.54, 1.807) is 10.9 Å². The molecule has 0 saturated carbocycles. The molecule has 0 aromatic carbocycles. The number of imidazole rings is 1. The van der Waals surface area contributed by atoms with E-state index in [0.717, 1.165) is 0 Å². The Kier molecular flexibility index (Phi) is 3.88. The molecule has 1 N–H and O–H groups in total. The summed E-state index contributed by atoms with van der Waals surface area (Å²) in [6.07, 6.45) is 3.06. The molecule has 1 amide bonds. The van der Waals surface area contributed by atoms with E-state index in [1.165, 1.54) is 25.1 Å². The van der Waals surface area contributed by atoms with Crippen LogP contribution in [0.2, 0.25) is 0 Å². The highest BCUT2D eigenvalue weighted by atomic mass is 16.4. The van der Waals surface area contributed by atoms with Crippen LogP contribution >= 0.6 is 0 Å². The third-order valence-corrected chi connectivity index (χ3v) is 2.65. The van der Waals surface area contributed by atoms with Gasteiger partial charge in [0.2, 0.25) is 5.91 Å². The van der Waals surface area contributed by atoms with Crippen molar-refractivity contribution in [2.75, 3.05) is 7.05 Å². The van der Waals surface area contributed by atoms with Crippen LogP contribution in [0.25, 0.3) is 0 Å². The standard InChI is InChI=1S/C11H17N3O3/c1-7(2)14-6-12-5-9(14)10(11(16)17)13(4)8(3)15/h5-7,10H,1-4H3,(H,16,17). The van der Waals surface area contributed by atoms with Gasteiger partial charge in [0, 0.05) is 20.0 Å². The summed E-state index contributed by atoms with van der Waals surface area (Å²) in [7, 11) is 1.47. The second-order valence-corrected chi connectivity index (χ2v) is 4.19. The van der Waals surface area contributed by atoms with Crippen molar-refractivity contribution in [1.82, 2.24) is 14.5 Å². The first-order valence-electron chi connectivity index (χ1n) is 5.34. The molecule has 1 rings (SSSR count). The number of carbonyl (C=O) groups excluding carboxylic acids is 1. The molecule has 6 heteroatoms. The maximum atomic E-state index is 11.3. The van der Waals surface area contributed by atoms with Gasteiger partial charge in [-0.2, -0.15) is 0 Å². The Bertz CT molecular complexity index is 425. The minimum Gasteiger partial charge on any atom is -0.479 e. The van der Waals surface area contributed by atoms with Crippen LogP contribution < -0.4 is 0 Å². The van der Waals surface area contributed by atoms with Crippen LogP contribution in [0.15, 0.2) is 12.5 Å². The molecule has 1 aromatic heterocycles. The Labute approximate surface area is 99.9 Å². The van der Waals surface area contributed by atoms with E-state index in [-0.39, 0.29) is 11.9 Å². The average Bonchev–Trinajstić information content (AvgIpc) is 2.65. The molecule has 94 valence electrons. The molecule has 0 saturated heterocycles. The molecule has 0 bridgehead atoms. The van der Waals surface area contributed by atoms with Crippen LogP contribution in [-0.4, -0.2) is 38.5 Å². The fraction of sp³-hybridized carbons (Fsp3) is 0.545. The maximum Gasteiger partial charge on any atom is 0.332 e. The van der Waals surface area contributed by atoms with Crippen molar-refractivity contribution >= 4 is 11.9 Å². The van der Waals surface area contributed by atoms with E-state index in [1.807, 2.05) is 13.8 Å². The molecular formula is C11H17N3O3. The Morgan fingerprint density at radius 1 is 1.47 bits per heavy atom. The number of aromatic nitrogens is 2. The SMILES string of the molecule is CC(=O)N(C)C(C(=O)O)c1cncn1C(C)C. The summed E-state index contributed by atoms with van der Waals surface area (Å²) >= 11 is 0. The van der Waals surface area contributed by atoms with Gasteiger partial charge >= 0.3 is 5.97 Å². The first-order chi connectivity index (χ1) is 7.86. The first-order valence-corrected chi connectivity index (χ1v) is 5.34. The van der Waals surface area contributed by atoms with E-state index in [0.29, 0.717) is 5.69 Å². The number of carboxylic acid groups (broad SMARTS) is 1. The highest BCUT2D eigenvalue weighted by Gasteiger charge is 2.29. The zero-order chi connectivity index (χ0) is 13.2. The lowest BCUT2D eigenvalue weighted by atomic mass is 10.2. The quantitative estimate of drug-likeness (QED) is 0.852. The smallest absolute Gasteiger partial charge is 0.332 e. The number of likely N-dealkylation sites (N-methyl/N-ethyl adjacent to an activating group) is 1. The van der Waals surface area contributed by atoms with Crippen LogP contribution in [0, 0.1) is 0 Å². The largest absolute Gasteiger partial charge is 0.479 e. The van der Waals surface area contributed by atoms with Crippen molar-refractivity contribution in [3.8, 4) is 0 Å². The number of aliphatic carboxylic acids is 1. The Morgan fingerprint density at radius 3 is 2.47 bits per heavy atom. The van der Waals surface area contributed by atoms with Gasteiger partial charge in [-0.05, 0) is 13.8 Å². The summed E-state index contributed by atoms with van der Waals surface area (Å²) in [5.74, 6) is -1.36. The maximum absolute atomic E-state index is 11.3. The number of rotatable bonds is 4. The Balaban J connectivity index is 3.19. The fourth-order valence-corrected chi connectivity index (χ4v) is 1.63. The van der Waals surface area contributed by atoms with Gasteiger partial charge < -0.3 is 14.6 Å². The van der Waals surface area contributed by atoms with Crippen LogP contribution in [0.1, 0.15) is 38.5 Å². The number of carboxylic acids is 1. The number of hydrogen-bond donors (Lipinski definition) is 1. The van der Waals surface area contributed by atoms with E-state index >= 15 is 0 Å². The second kappa shape index (κ2) is 4.99. The third kappa shape index (κ3) is 2.64. The zero-order valence-electron chi connectivity index (χ0n) is 10.4. The molecular weight excluding hydrogens is 222 g/mol. The summed E-state index contributed by atoms with van der Waals surface area (Å²) in [5, 5.41) is 9.24. The average molecular weight is 239 g/mol. The lowest BCUT2D eigenvalue weighted by Crippen LogP contribution is -2.35. The first kappa shape index (κ1) is 13.2. The van der Waals surface area contributed by atoms with Gasteiger partial charge in [-0.25, -0.2) is 9.78 Å². The predicted octanol–water partition coefficient (Wildman–Crippen LogP) is 1.07. The van der Waals surface area contributed by atoms with Gasteiger partial charge in [-0.3, -0.25) is 4.79 Å². The number of amides is 1. The van der Waals surface area contributed by atoms with Gasteiger partial charge in [0.15, 0.2) is 6.04 Å². The monoisotopic (exact) mass is 239 g/mol. The van der Waals surface area contributed by atoms with Gasteiger partial charge in [0.1, 0.15) is 0 Å². The van der Waals surface area contributed by atoms with Crippen molar-refractivity contribution in [2.45, 2.75) is 32.9 Å². The van der Waals surface area contributed by atoms with Crippen molar-refractivity contribution < 1.29 is 14.7 Å². The van der Waals surface area contributed by atoms with Crippen molar-refractivity contribution in [2.24, 2.45) is 0 Å². The highest BCUT2D eigenvalue weighted by Crippen LogP contribution is 2.22. The molecule has 0 aliphatic rings. The lowest BCUT2D eigenvalue weighted by Gasteiger charge is -2.25. The zero-order valence-corrected chi connectivity index (χ0v) is 10.4. The predicted molar refractivity (Wildman–Crippen MR) is 61.4 cm³/mol. The van der Waals surface area contributed by atoms with Gasteiger partial charge in [-0.15, -0.1) is 0 Å². The van der Waals surface area contributed by atoms with E-state index < -0.39 is 12.0 Å². The Hall–Kier alpha value is -1.85. The molecule has 0 fully saturated rings. The summed E-state index contributed by atoms with van der Waals surface area (Å²) in [6, 6.07) is -0.910. The molecule has 0 aliphatic carbocycles. The molecule has 0 spiro atoms. The van der Waals surface area contributed by atoms with E-state index in [4.69, 9.17) is 0 Å². The van der Waals surface area contributed by atoms with Crippen molar-refractivity contribution in [3.63, 3.8) is 0 Å². The van der Waals surface area contributed by atoms with Gasteiger partial charge in [0.05, 0.1) is 18.2 Å². The van der Waals surface area contributed by atoms with Crippen LogP contribution in [-0.2, 0) is 9.59 Å². The minimum absolute atomic E-state index is 0.0923. The van der Waals surface area contributed by atoms with E-state index in [9.17, 15) is 14.7 Å². The summed E-state index contributed by atoms with van der Waals surface area (Å²) in [5.41, 5.74) is 0.505. The molecule has 1 atom stereocenters. The molecule has 0 radical (unpaired) electrons. The normalized spacial score (nSPS) is 12.5. The van der Waals surface area contributed by atoms with Crippen LogP contribution in [0.5, 0.6) is 0 Å².